The summed E-state index contributed by atoms with van der Waals surface area (Å²) in [6, 6.07) is 0. The highest BCUT2D eigenvalue weighted by Gasteiger charge is 2.04. The monoisotopic (exact) mass is 261 g/mol. The molecular weight excluding hydrogens is 238 g/mol. The minimum Gasteiger partial charge on any atom is -0.385 e. The van der Waals surface area contributed by atoms with Crippen molar-refractivity contribution < 1.29 is 4.74 Å². The lowest BCUT2D eigenvalue weighted by molar-refractivity contribution is 0.192. The van der Waals surface area contributed by atoms with Gasteiger partial charge in [-0.3, -0.25) is 5.10 Å². The van der Waals surface area contributed by atoms with Gasteiger partial charge in [-0.2, -0.15) is 5.10 Å². The Balaban J connectivity index is 0.00000256. The molecule has 0 saturated carbocycles. The summed E-state index contributed by atoms with van der Waals surface area (Å²) in [6.45, 7) is 6.96. The molecule has 0 saturated heterocycles. The third-order valence-electron chi connectivity index (χ3n) is 2.78. The van der Waals surface area contributed by atoms with Crippen LogP contribution in [0.15, 0.2) is 0 Å². The molecule has 100 valence electrons. The Bertz CT molecular complexity index is 282. The van der Waals surface area contributed by atoms with E-state index in [0.29, 0.717) is 0 Å². The van der Waals surface area contributed by atoms with E-state index in [2.05, 4.69) is 22.4 Å². The minimum atomic E-state index is 0. The number of aromatic amines is 1. The number of nitrogens with one attached hydrogen (secondary N) is 2. The fraction of sp³-hybridized carbons (Fsp3) is 0.750. The van der Waals surface area contributed by atoms with E-state index in [1.807, 2.05) is 6.92 Å². The first-order valence-corrected chi connectivity index (χ1v) is 5.95. The van der Waals surface area contributed by atoms with Gasteiger partial charge in [0.2, 0.25) is 0 Å². The highest BCUT2D eigenvalue weighted by molar-refractivity contribution is 5.85. The van der Waals surface area contributed by atoms with E-state index in [-0.39, 0.29) is 12.4 Å². The van der Waals surface area contributed by atoms with Crippen LogP contribution in [0.3, 0.4) is 0 Å². The van der Waals surface area contributed by atoms with E-state index >= 15 is 0 Å². The lowest BCUT2D eigenvalue weighted by Crippen LogP contribution is -2.15. The van der Waals surface area contributed by atoms with Crippen molar-refractivity contribution in [3.05, 3.63) is 17.0 Å². The molecule has 0 aliphatic rings. The first kappa shape index (κ1) is 16.4. The molecule has 0 spiro atoms. The highest BCUT2D eigenvalue weighted by Crippen LogP contribution is 2.08. The number of nitrogens with zero attached hydrogens (tertiary/aromatic N) is 1. The number of ether oxygens (including phenoxy) is 1. The van der Waals surface area contributed by atoms with E-state index in [4.69, 9.17) is 4.74 Å². The number of hydrogen-bond acceptors (Lipinski definition) is 3. The maximum Gasteiger partial charge on any atom is 0.0638 e. The van der Waals surface area contributed by atoms with Crippen molar-refractivity contribution in [1.82, 2.24) is 15.5 Å². The maximum absolute atomic E-state index is 5.01. The fourth-order valence-corrected chi connectivity index (χ4v) is 1.72. The van der Waals surface area contributed by atoms with Crippen molar-refractivity contribution in [2.24, 2.45) is 0 Å². The molecule has 17 heavy (non-hydrogen) atoms. The molecular formula is C12H24ClN3O. The molecule has 1 rings (SSSR count). The van der Waals surface area contributed by atoms with Gasteiger partial charge in [0.05, 0.1) is 5.69 Å². The molecule has 0 aliphatic carbocycles. The molecule has 2 N–H and O–H groups in total. The second-order valence-corrected chi connectivity index (χ2v) is 4.14. The first-order chi connectivity index (χ1) is 7.75. The topological polar surface area (TPSA) is 49.9 Å². The average Bonchev–Trinajstić information content (AvgIpc) is 2.59. The van der Waals surface area contributed by atoms with E-state index < -0.39 is 0 Å². The predicted molar refractivity (Wildman–Crippen MR) is 72.7 cm³/mol. The summed E-state index contributed by atoms with van der Waals surface area (Å²) in [7, 11) is 1.75. The van der Waals surface area contributed by atoms with Crippen molar-refractivity contribution in [2.75, 3.05) is 20.3 Å². The molecule has 0 aromatic carbocycles. The number of methoxy groups -OCH3 is 1. The number of hydrogen-bond donors (Lipinski definition) is 2. The smallest absolute Gasteiger partial charge is 0.0638 e. The second-order valence-electron chi connectivity index (χ2n) is 4.14. The van der Waals surface area contributed by atoms with Crippen molar-refractivity contribution in [1.29, 1.82) is 0 Å². The molecule has 5 heteroatoms. The zero-order chi connectivity index (χ0) is 11.8. The Hall–Kier alpha value is -0.580. The zero-order valence-electron chi connectivity index (χ0n) is 11.0. The Morgan fingerprint density at radius 3 is 2.59 bits per heavy atom. The molecule has 1 heterocycles. The van der Waals surface area contributed by atoms with E-state index in [9.17, 15) is 0 Å². The fourth-order valence-electron chi connectivity index (χ4n) is 1.72. The Labute approximate surface area is 110 Å². The molecule has 0 amide bonds. The Kier molecular flexibility index (Phi) is 9.13. The van der Waals surface area contributed by atoms with Crippen LogP contribution in [0.1, 0.15) is 36.2 Å². The second kappa shape index (κ2) is 9.45. The summed E-state index contributed by atoms with van der Waals surface area (Å²) in [5.74, 6) is 0. The maximum atomic E-state index is 5.01. The third kappa shape index (κ3) is 6.05. The molecule has 0 atom stereocenters. The van der Waals surface area contributed by atoms with Gasteiger partial charge >= 0.3 is 0 Å². The van der Waals surface area contributed by atoms with Gasteiger partial charge < -0.3 is 10.1 Å². The van der Waals surface area contributed by atoms with Crippen LogP contribution in [0.4, 0.5) is 0 Å². The standard InChI is InChI=1S/C12H23N3O.ClH/c1-10-12(11(2)15-14-10)9-13-7-5-4-6-8-16-3;/h13H,4-9H2,1-3H3,(H,14,15);1H. The Morgan fingerprint density at radius 2 is 2.00 bits per heavy atom. The van der Waals surface area contributed by atoms with Crippen molar-refractivity contribution in [2.45, 2.75) is 39.7 Å². The van der Waals surface area contributed by atoms with Gasteiger partial charge in [-0.15, -0.1) is 12.4 Å². The molecule has 0 fully saturated rings. The van der Waals surface area contributed by atoms with Crippen molar-refractivity contribution in [3.63, 3.8) is 0 Å². The summed E-state index contributed by atoms with van der Waals surface area (Å²) < 4.78 is 5.01. The summed E-state index contributed by atoms with van der Waals surface area (Å²) in [5, 5.41) is 10.6. The number of halogens is 1. The van der Waals surface area contributed by atoms with Gasteiger partial charge in [0, 0.05) is 31.5 Å². The van der Waals surface area contributed by atoms with Gasteiger partial charge in [-0.1, -0.05) is 0 Å². The van der Waals surface area contributed by atoms with E-state index in [1.165, 1.54) is 24.1 Å². The van der Waals surface area contributed by atoms with Crippen LogP contribution < -0.4 is 5.32 Å². The van der Waals surface area contributed by atoms with E-state index in [0.717, 1.165) is 31.8 Å². The predicted octanol–water partition coefficient (Wildman–Crippen LogP) is 2.35. The lowest BCUT2D eigenvalue weighted by atomic mass is 10.2. The highest BCUT2D eigenvalue weighted by atomic mass is 35.5. The molecule has 0 aliphatic heterocycles. The first-order valence-electron chi connectivity index (χ1n) is 5.95. The van der Waals surface area contributed by atoms with Crippen LogP contribution in [-0.4, -0.2) is 30.5 Å². The minimum absolute atomic E-state index is 0. The average molecular weight is 262 g/mol. The van der Waals surface area contributed by atoms with Gasteiger partial charge in [0.15, 0.2) is 0 Å². The molecule has 0 radical (unpaired) electrons. The quantitative estimate of drug-likeness (QED) is 0.707. The number of unbranched alkanes of at least 4 members (excludes halogenated alkanes) is 2. The van der Waals surface area contributed by atoms with Gasteiger partial charge in [-0.05, 0) is 39.7 Å². The molecule has 1 aromatic heterocycles. The lowest BCUT2D eigenvalue weighted by Gasteiger charge is -2.05. The summed E-state index contributed by atoms with van der Waals surface area (Å²) in [4.78, 5) is 0. The largest absolute Gasteiger partial charge is 0.385 e. The summed E-state index contributed by atoms with van der Waals surface area (Å²) in [5.41, 5.74) is 3.57. The van der Waals surface area contributed by atoms with Crippen LogP contribution in [0.25, 0.3) is 0 Å². The number of aryl methyl sites for hydroxylation is 2. The van der Waals surface area contributed by atoms with E-state index in [1.54, 1.807) is 7.11 Å². The van der Waals surface area contributed by atoms with Gasteiger partial charge in [0.25, 0.3) is 0 Å². The Morgan fingerprint density at radius 1 is 1.24 bits per heavy atom. The van der Waals surface area contributed by atoms with Crippen LogP contribution in [0.2, 0.25) is 0 Å². The SMILES string of the molecule is COCCCCCNCc1c(C)n[nH]c1C.Cl. The molecule has 1 aromatic rings. The summed E-state index contributed by atoms with van der Waals surface area (Å²) >= 11 is 0. The van der Waals surface area contributed by atoms with Gasteiger partial charge in [0.1, 0.15) is 0 Å². The zero-order valence-corrected chi connectivity index (χ0v) is 11.8. The number of H-pyrrole nitrogens is 1. The summed E-state index contributed by atoms with van der Waals surface area (Å²) in [6.07, 6.45) is 3.59. The van der Waals surface area contributed by atoms with Crippen LogP contribution >= 0.6 is 12.4 Å². The molecule has 0 unspecified atom stereocenters. The van der Waals surface area contributed by atoms with Gasteiger partial charge in [-0.25, -0.2) is 0 Å². The third-order valence-corrected chi connectivity index (χ3v) is 2.78. The molecule has 0 bridgehead atoms. The molecule has 4 nitrogen and oxygen atoms in total. The number of aromatic nitrogens is 2. The van der Waals surface area contributed by atoms with Crippen molar-refractivity contribution in [3.8, 4) is 0 Å². The van der Waals surface area contributed by atoms with Crippen LogP contribution in [0.5, 0.6) is 0 Å². The van der Waals surface area contributed by atoms with Crippen molar-refractivity contribution >= 4 is 12.4 Å². The number of rotatable bonds is 8. The normalized spacial score (nSPS) is 10.3. The van der Waals surface area contributed by atoms with Crippen LogP contribution in [-0.2, 0) is 11.3 Å². The van der Waals surface area contributed by atoms with Crippen LogP contribution in [0, 0.1) is 13.8 Å².